The van der Waals surface area contributed by atoms with Gasteiger partial charge in [-0.25, -0.2) is 0 Å². The molecule has 0 aliphatic carbocycles. The van der Waals surface area contributed by atoms with Gasteiger partial charge in [-0.2, -0.15) is 0 Å². The molecule has 0 N–H and O–H groups in total. The van der Waals surface area contributed by atoms with Crippen LogP contribution in [0.25, 0.3) is 0 Å². The van der Waals surface area contributed by atoms with Crippen LogP contribution >= 0.6 is 15.9 Å². The first-order valence-electron chi connectivity index (χ1n) is 6.98. The van der Waals surface area contributed by atoms with Gasteiger partial charge in [0.2, 0.25) is 0 Å². The standard InChI is InChI=1S/C17H18BrNO4/c1-20-16-8-3-13(11-17(16)21-2)12-19-23-10-9-22-15-6-4-14(18)5-7-15/h3-8,11-12H,9-10H2,1-2H3/b19-12-. The third kappa shape index (κ3) is 5.49. The summed E-state index contributed by atoms with van der Waals surface area (Å²) in [6.07, 6.45) is 1.61. The van der Waals surface area contributed by atoms with Gasteiger partial charge in [0.05, 0.1) is 20.4 Å². The molecule has 0 amide bonds. The van der Waals surface area contributed by atoms with E-state index in [9.17, 15) is 0 Å². The van der Waals surface area contributed by atoms with Crippen molar-refractivity contribution in [3.8, 4) is 17.2 Å². The minimum atomic E-state index is 0.361. The van der Waals surface area contributed by atoms with Gasteiger partial charge in [-0.3, -0.25) is 0 Å². The predicted octanol–water partition coefficient (Wildman–Crippen LogP) is 3.90. The van der Waals surface area contributed by atoms with Crippen LogP contribution in [0.5, 0.6) is 17.2 Å². The Morgan fingerprint density at radius 2 is 1.70 bits per heavy atom. The molecule has 0 radical (unpaired) electrons. The summed E-state index contributed by atoms with van der Waals surface area (Å²) in [5.41, 5.74) is 0.858. The first-order chi connectivity index (χ1) is 11.2. The van der Waals surface area contributed by atoms with Crippen LogP contribution in [0.4, 0.5) is 0 Å². The monoisotopic (exact) mass is 379 g/mol. The minimum absolute atomic E-state index is 0.361. The summed E-state index contributed by atoms with van der Waals surface area (Å²) in [5.74, 6) is 2.11. The number of hydrogen-bond acceptors (Lipinski definition) is 5. The fourth-order valence-electron chi connectivity index (χ4n) is 1.81. The molecule has 0 aliphatic heterocycles. The molecule has 2 aromatic carbocycles. The third-order valence-electron chi connectivity index (χ3n) is 2.94. The zero-order valence-corrected chi connectivity index (χ0v) is 14.6. The van der Waals surface area contributed by atoms with Crippen molar-refractivity contribution < 1.29 is 19.0 Å². The molecule has 122 valence electrons. The van der Waals surface area contributed by atoms with E-state index in [1.807, 2.05) is 42.5 Å². The van der Waals surface area contributed by atoms with Gasteiger partial charge < -0.3 is 19.0 Å². The van der Waals surface area contributed by atoms with Crippen molar-refractivity contribution in [2.45, 2.75) is 0 Å². The molecule has 5 nitrogen and oxygen atoms in total. The van der Waals surface area contributed by atoms with Crippen molar-refractivity contribution in [2.24, 2.45) is 5.16 Å². The van der Waals surface area contributed by atoms with Crippen molar-refractivity contribution in [1.29, 1.82) is 0 Å². The van der Waals surface area contributed by atoms with Crippen molar-refractivity contribution >= 4 is 22.1 Å². The molecule has 0 aromatic heterocycles. The van der Waals surface area contributed by atoms with Crippen LogP contribution in [0, 0.1) is 0 Å². The number of methoxy groups -OCH3 is 2. The number of benzene rings is 2. The maximum Gasteiger partial charge on any atom is 0.161 e. The maximum absolute atomic E-state index is 5.52. The molecule has 0 saturated heterocycles. The lowest BCUT2D eigenvalue weighted by molar-refractivity contribution is 0.108. The number of halogens is 1. The molecule has 0 unspecified atom stereocenters. The molecule has 6 heteroatoms. The number of oxime groups is 1. The fraction of sp³-hybridized carbons (Fsp3) is 0.235. The Labute approximate surface area is 143 Å². The SMILES string of the molecule is COc1ccc(/C=N\OCCOc2ccc(Br)cc2)cc1OC. The van der Waals surface area contributed by atoms with Crippen LogP contribution in [0.2, 0.25) is 0 Å². The van der Waals surface area contributed by atoms with Gasteiger partial charge in [0.1, 0.15) is 12.4 Å². The molecule has 0 fully saturated rings. The Morgan fingerprint density at radius 3 is 2.39 bits per heavy atom. The second-order valence-corrected chi connectivity index (χ2v) is 5.40. The average Bonchev–Trinajstić information content (AvgIpc) is 2.59. The summed E-state index contributed by atoms with van der Waals surface area (Å²) in [6, 6.07) is 13.1. The van der Waals surface area contributed by atoms with E-state index in [0.717, 1.165) is 15.8 Å². The quantitative estimate of drug-likeness (QED) is 0.396. The highest BCUT2D eigenvalue weighted by Crippen LogP contribution is 2.26. The Kier molecular flexibility index (Phi) is 6.75. The topological polar surface area (TPSA) is 49.3 Å². The van der Waals surface area contributed by atoms with Gasteiger partial charge in [-0.1, -0.05) is 21.1 Å². The Balaban J connectivity index is 1.75. The van der Waals surface area contributed by atoms with Crippen molar-refractivity contribution in [1.82, 2.24) is 0 Å². The Morgan fingerprint density at radius 1 is 0.957 bits per heavy atom. The first kappa shape index (κ1) is 17.1. The van der Waals surface area contributed by atoms with Crippen LogP contribution in [-0.4, -0.2) is 33.6 Å². The third-order valence-corrected chi connectivity index (χ3v) is 3.47. The zero-order chi connectivity index (χ0) is 16.5. The largest absolute Gasteiger partial charge is 0.493 e. The Bertz CT molecular complexity index is 644. The second kappa shape index (κ2) is 9.05. The number of hydrogen-bond donors (Lipinski definition) is 0. The summed E-state index contributed by atoms with van der Waals surface area (Å²) in [5, 5.41) is 3.91. The summed E-state index contributed by atoms with van der Waals surface area (Å²) in [4.78, 5) is 5.18. The van der Waals surface area contributed by atoms with E-state index < -0.39 is 0 Å². The lowest BCUT2D eigenvalue weighted by Crippen LogP contribution is -2.04. The van der Waals surface area contributed by atoms with Gasteiger partial charge in [0, 0.05) is 10.0 Å². The zero-order valence-electron chi connectivity index (χ0n) is 13.0. The number of ether oxygens (including phenoxy) is 3. The molecule has 0 aliphatic rings. The summed E-state index contributed by atoms with van der Waals surface area (Å²) < 4.78 is 16.9. The van der Waals surface area contributed by atoms with Crippen LogP contribution in [-0.2, 0) is 4.84 Å². The molecule has 0 spiro atoms. The van der Waals surface area contributed by atoms with Gasteiger partial charge in [-0.15, -0.1) is 0 Å². The molecule has 0 heterocycles. The van der Waals surface area contributed by atoms with E-state index in [0.29, 0.717) is 24.7 Å². The summed E-state index contributed by atoms with van der Waals surface area (Å²) >= 11 is 3.37. The van der Waals surface area contributed by atoms with E-state index in [2.05, 4.69) is 21.1 Å². The summed E-state index contributed by atoms with van der Waals surface area (Å²) in [7, 11) is 3.19. The first-order valence-corrected chi connectivity index (χ1v) is 7.78. The van der Waals surface area contributed by atoms with Crippen LogP contribution in [0.15, 0.2) is 52.1 Å². The molecule has 2 aromatic rings. The van der Waals surface area contributed by atoms with E-state index in [1.54, 1.807) is 20.4 Å². The molecule has 0 saturated carbocycles. The van der Waals surface area contributed by atoms with Gasteiger partial charge >= 0.3 is 0 Å². The highest BCUT2D eigenvalue weighted by molar-refractivity contribution is 9.10. The van der Waals surface area contributed by atoms with E-state index in [1.165, 1.54) is 0 Å². The van der Waals surface area contributed by atoms with E-state index >= 15 is 0 Å². The minimum Gasteiger partial charge on any atom is -0.493 e. The molecule has 23 heavy (non-hydrogen) atoms. The van der Waals surface area contributed by atoms with E-state index in [-0.39, 0.29) is 0 Å². The lowest BCUT2D eigenvalue weighted by Gasteiger charge is -2.07. The summed E-state index contributed by atoms with van der Waals surface area (Å²) in [6.45, 7) is 0.782. The van der Waals surface area contributed by atoms with Gasteiger partial charge in [-0.05, 0) is 42.5 Å². The second-order valence-electron chi connectivity index (χ2n) is 4.48. The molecule has 0 atom stereocenters. The van der Waals surface area contributed by atoms with Crippen molar-refractivity contribution in [3.63, 3.8) is 0 Å². The maximum atomic E-state index is 5.52. The molecular formula is C17H18BrNO4. The average molecular weight is 380 g/mol. The number of nitrogens with zero attached hydrogens (tertiary/aromatic N) is 1. The highest BCUT2D eigenvalue weighted by atomic mass is 79.9. The normalized spacial score (nSPS) is 10.6. The molecule has 0 bridgehead atoms. The van der Waals surface area contributed by atoms with Crippen molar-refractivity contribution in [3.05, 3.63) is 52.5 Å². The van der Waals surface area contributed by atoms with Crippen LogP contribution in [0.1, 0.15) is 5.56 Å². The van der Waals surface area contributed by atoms with Gasteiger partial charge in [0.25, 0.3) is 0 Å². The van der Waals surface area contributed by atoms with Gasteiger partial charge in [0.15, 0.2) is 18.1 Å². The smallest absolute Gasteiger partial charge is 0.161 e. The molecular weight excluding hydrogens is 362 g/mol. The highest BCUT2D eigenvalue weighted by Gasteiger charge is 2.02. The van der Waals surface area contributed by atoms with Crippen LogP contribution in [0.3, 0.4) is 0 Å². The predicted molar refractivity (Wildman–Crippen MR) is 92.7 cm³/mol. The van der Waals surface area contributed by atoms with E-state index in [4.69, 9.17) is 19.0 Å². The van der Waals surface area contributed by atoms with Crippen LogP contribution < -0.4 is 14.2 Å². The molecule has 2 rings (SSSR count). The Hall–Kier alpha value is -2.21. The fourth-order valence-corrected chi connectivity index (χ4v) is 2.08. The van der Waals surface area contributed by atoms with Crippen molar-refractivity contribution in [2.75, 3.05) is 27.4 Å². The lowest BCUT2D eigenvalue weighted by atomic mass is 10.2. The number of rotatable bonds is 8.